The molecular formula is C15H18N2O6. The van der Waals surface area contributed by atoms with Gasteiger partial charge >= 0.3 is 5.69 Å². The monoisotopic (exact) mass is 322 g/mol. The van der Waals surface area contributed by atoms with E-state index in [4.69, 9.17) is 9.84 Å². The highest BCUT2D eigenvalue weighted by Gasteiger charge is 2.44. The predicted molar refractivity (Wildman–Crippen MR) is 78.7 cm³/mol. The molecule has 2 aliphatic rings. The first kappa shape index (κ1) is 16.0. The SMILES string of the molecule is Cc1c(C#CC2CC2)c(=O)[nH]c(=O)n1[C@@H]1O[C@H](CO)[C@@H](O)[C@H]1O. The highest BCUT2D eigenvalue weighted by Crippen LogP contribution is 2.29. The number of aromatic amines is 1. The van der Waals surface area contributed by atoms with Crippen LogP contribution in [0.4, 0.5) is 0 Å². The van der Waals surface area contributed by atoms with Gasteiger partial charge in [-0.2, -0.15) is 0 Å². The summed E-state index contributed by atoms with van der Waals surface area (Å²) in [4.78, 5) is 26.2. The lowest BCUT2D eigenvalue weighted by molar-refractivity contribution is -0.0559. The van der Waals surface area contributed by atoms with Crippen LogP contribution >= 0.6 is 0 Å². The van der Waals surface area contributed by atoms with E-state index in [2.05, 4.69) is 16.8 Å². The van der Waals surface area contributed by atoms with Crippen LogP contribution in [0.25, 0.3) is 0 Å². The number of nitrogens with one attached hydrogen (secondary N) is 1. The van der Waals surface area contributed by atoms with Crippen LogP contribution in [0.2, 0.25) is 0 Å². The second-order valence-corrected chi connectivity index (χ2v) is 5.86. The number of hydrogen-bond acceptors (Lipinski definition) is 6. The van der Waals surface area contributed by atoms with Gasteiger partial charge in [-0.25, -0.2) is 4.79 Å². The minimum Gasteiger partial charge on any atom is -0.394 e. The van der Waals surface area contributed by atoms with E-state index in [1.165, 1.54) is 6.92 Å². The van der Waals surface area contributed by atoms with Crippen molar-refractivity contribution >= 4 is 0 Å². The Morgan fingerprint density at radius 2 is 2.00 bits per heavy atom. The molecule has 1 saturated carbocycles. The molecule has 8 heteroatoms. The Morgan fingerprint density at radius 1 is 1.30 bits per heavy atom. The molecule has 8 nitrogen and oxygen atoms in total. The van der Waals surface area contributed by atoms with Gasteiger partial charge in [0.25, 0.3) is 5.56 Å². The summed E-state index contributed by atoms with van der Waals surface area (Å²) in [5, 5.41) is 29.0. The largest absolute Gasteiger partial charge is 0.394 e. The summed E-state index contributed by atoms with van der Waals surface area (Å²) < 4.78 is 6.42. The van der Waals surface area contributed by atoms with E-state index in [1.807, 2.05) is 0 Å². The Kier molecular flexibility index (Phi) is 4.12. The summed E-state index contributed by atoms with van der Waals surface area (Å²) in [6.07, 6.45) is -2.94. The van der Waals surface area contributed by atoms with Gasteiger partial charge in [0.2, 0.25) is 0 Å². The van der Waals surface area contributed by atoms with E-state index in [9.17, 15) is 19.8 Å². The van der Waals surface area contributed by atoms with Crippen molar-refractivity contribution in [3.05, 3.63) is 32.1 Å². The maximum absolute atomic E-state index is 12.1. The van der Waals surface area contributed by atoms with Gasteiger partial charge in [0, 0.05) is 11.6 Å². The maximum Gasteiger partial charge on any atom is 0.330 e. The number of aliphatic hydroxyl groups is 3. The number of ether oxygens (including phenoxy) is 1. The quantitative estimate of drug-likeness (QED) is 0.477. The van der Waals surface area contributed by atoms with Crippen LogP contribution in [0.5, 0.6) is 0 Å². The predicted octanol–water partition coefficient (Wildman–Crippen LogP) is -1.78. The summed E-state index contributed by atoms with van der Waals surface area (Å²) in [5.41, 5.74) is -0.973. The van der Waals surface area contributed by atoms with Crippen LogP contribution in [0, 0.1) is 24.7 Å². The molecule has 0 unspecified atom stereocenters. The number of nitrogens with zero attached hydrogens (tertiary/aromatic N) is 1. The topological polar surface area (TPSA) is 125 Å². The van der Waals surface area contributed by atoms with E-state index in [0.717, 1.165) is 17.4 Å². The Labute approximate surface area is 131 Å². The van der Waals surface area contributed by atoms with Gasteiger partial charge in [-0.05, 0) is 19.8 Å². The Balaban J connectivity index is 2.06. The third-order valence-electron chi connectivity index (χ3n) is 4.14. The van der Waals surface area contributed by atoms with Crippen LogP contribution in [0.15, 0.2) is 9.59 Å². The zero-order chi connectivity index (χ0) is 16.7. The fraction of sp³-hybridized carbons (Fsp3) is 0.600. The molecule has 4 N–H and O–H groups in total. The molecule has 124 valence electrons. The average molecular weight is 322 g/mol. The van der Waals surface area contributed by atoms with E-state index in [1.54, 1.807) is 0 Å². The second kappa shape index (κ2) is 5.94. The fourth-order valence-electron chi connectivity index (χ4n) is 2.61. The molecule has 0 amide bonds. The van der Waals surface area contributed by atoms with Crippen molar-refractivity contribution in [2.45, 2.75) is 44.3 Å². The number of aromatic nitrogens is 2. The van der Waals surface area contributed by atoms with Gasteiger partial charge in [0.15, 0.2) is 6.23 Å². The third kappa shape index (κ3) is 2.84. The first-order chi connectivity index (χ1) is 10.9. The van der Waals surface area contributed by atoms with Gasteiger partial charge in [-0.15, -0.1) is 0 Å². The fourth-order valence-corrected chi connectivity index (χ4v) is 2.61. The lowest BCUT2D eigenvalue weighted by atomic mass is 10.1. The van der Waals surface area contributed by atoms with E-state index >= 15 is 0 Å². The van der Waals surface area contributed by atoms with Crippen molar-refractivity contribution in [2.75, 3.05) is 6.61 Å². The molecule has 0 bridgehead atoms. The minimum absolute atomic E-state index is 0.134. The van der Waals surface area contributed by atoms with Gasteiger partial charge in [-0.1, -0.05) is 11.8 Å². The van der Waals surface area contributed by atoms with Crippen molar-refractivity contribution in [3.8, 4) is 11.8 Å². The normalized spacial score (nSPS) is 30.1. The molecular weight excluding hydrogens is 304 g/mol. The number of H-pyrrole nitrogens is 1. The molecule has 0 spiro atoms. The van der Waals surface area contributed by atoms with Gasteiger partial charge in [0.1, 0.15) is 23.9 Å². The Bertz CT molecular complexity index is 782. The zero-order valence-electron chi connectivity index (χ0n) is 12.5. The zero-order valence-corrected chi connectivity index (χ0v) is 12.5. The van der Waals surface area contributed by atoms with Crippen molar-refractivity contribution in [1.29, 1.82) is 0 Å². The molecule has 1 aliphatic carbocycles. The average Bonchev–Trinajstić information content (AvgIpc) is 3.28. The lowest BCUT2D eigenvalue weighted by Crippen LogP contribution is -2.40. The number of aliphatic hydroxyl groups excluding tert-OH is 3. The van der Waals surface area contributed by atoms with Crippen molar-refractivity contribution in [3.63, 3.8) is 0 Å². The molecule has 23 heavy (non-hydrogen) atoms. The summed E-state index contributed by atoms with van der Waals surface area (Å²) in [6.45, 7) is 1.03. The van der Waals surface area contributed by atoms with E-state index < -0.39 is 42.4 Å². The molecule has 4 atom stereocenters. The van der Waals surface area contributed by atoms with Crippen LogP contribution in [0.1, 0.15) is 30.3 Å². The molecule has 0 radical (unpaired) electrons. The van der Waals surface area contributed by atoms with E-state index in [-0.39, 0.29) is 17.2 Å². The summed E-state index contributed by atoms with van der Waals surface area (Å²) >= 11 is 0. The van der Waals surface area contributed by atoms with Crippen LogP contribution in [-0.4, -0.2) is 49.8 Å². The molecule has 0 aromatic carbocycles. The van der Waals surface area contributed by atoms with Crippen LogP contribution in [0.3, 0.4) is 0 Å². The molecule has 1 aromatic heterocycles. The highest BCUT2D eigenvalue weighted by molar-refractivity contribution is 5.37. The van der Waals surface area contributed by atoms with Crippen molar-refractivity contribution < 1.29 is 20.1 Å². The van der Waals surface area contributed by atoms with Crippen molar-refractivity contribution in [1.82, 2.24) is 9.55 Å². The molecule has 1 aliphatic heterocycles. The lowest BCUT2D eigenvalue weighted by Gasteiger charge is -2.20. The standard InChI is InChI=1S/C15H18N2O6/c1-7-9(5-4-8-2-3-8)13(21)16-15(22)17(7)14-12(20)11(19)10(6-18)23-14/h8,10-12,14,18-20H,2-3,6H2,1H3,(H,16,21,22)/t10-,11-,12-,14-/m1/s1. The summed E-state index contributed by atoms with van der Waals surface area (Å²) in [7, 11) is 0. The molecule has 2 fully saturated rings. The van der Waals surface area contributed by atoms with E-state index in [0.29, 0.717) is 0 Å². The Morgan fingerprint density at radius 3 is 2.57 bits per heavy atom. The second-order valence-electron chi connectivity index (χ2n) is 5.86. The molecule has 1 saturated heterocycles. The Hall–Kier alpha value is -1.92. The van der Waals surface area contributed by atoms with Crippen LogP contribution in [-0.2, 0) is 4.74 Å². The summed E-state index contributed by atoms with van der Waals surface area (Å²) in [6, 6.07) is 0. The molecule has 2 heterocycles. The first-order valence-corrected chi connectivity index (χ1v) is 7.43. The van der Waals surface area contributed by atoms with Gasteiger partial charge in [-0.3, -0.25) is 14.3 Å². The third-order valence-corrected chi connectivity index (χ3v) is 4.14. The summed E-state index contributed by atoms with van der Waals surface area (Å²) in [5.74, 6) is 6.02. The number of rotatable bonds is 2. The van der Waals surface area contributed by atoms with Gasteiger partial charge in [0.05, 0.1) is 6.61 Å². The molecule has 1 aromatic rings. The number of hydrogen-bond donors (Lipinski definition) is 4. The van der Waals surface area contributed by atoms with Gasteiger partial charge < -0.3 is 20.1 Å². The molecule has 3 rings (SSSR count). The van der Waals surface area contributed by atoms with Crippen LogP contribution < -0.4 is 11.2 Å². The smallest absolute Gasteiger partial charge is 0.330 e. The first-order valence-electron chi connectivity index (χ1n) is 7.43. The minimum atomic E-state index is -1.40. The highest BCUT2D eigenvalue weighted by atomic mass is 16.6. The van der Waals surface area contributed by atoms with Crippen molar-refractivity contribution in [2.24, 2.45) is 5.92 Å². The maximum atomic E-state index is 12.1.